The molecule has 76 valence electrons. The summed E-state index contributed by atoms with van der Waals surface area (Å²) in [5.41, 5.74) is 2.31. The van der Waals surface area contributed by atoms with Crippen LogP contribution in [0.15, 0.2) is 18.3 Å². The van der Waals surface area contributed by atoms with Gasteiger partial charge < -0.3 is 5.32 Å². The second-order valence-corrected chi connectivity index (χ2v) is 4.22. The minimum atomic E-state index is 0.683. The summed E-state index contributed by atoms with van der Waals surface area (Å²) in [5.74, 6) is 0.949. The average Bonchev–Trinajstić information content (AvgIpc) is 2.13. The smallest absolute Gasteiger partial charge is 0.0603 e. The minimum Gasteiger partial charge on any atom is -0.381 e. The van der Waals surface area contributed by atoms with Crippen molar-refractivity contribution in [2.45, 2.75) is 39.2 Å². The third-order valence-electron chi connectivity index (χ3n) is 3.18. The van der Waals surface area contributed by atoms with E-state index >= 15 is 0 Å². The minimum absolute atomic E-state index is 0.683. The topological polar surface area (TPSA) is 24.9 Å². The molecule has 0 atom stereocenters. The highest BCUT2D eigenvalue weighted by Gasteiger charge is 2.27. The Balaban J connectivity index is 1.90. The second kappa shape index (κ2) is 3.99. The summed E-state index contributed by atoms with van der Waals surface area (Å²) in [6, 6.07) is 4.79. The lowest BCUT2D eigenvalue weighted by Gasteiger charge is -2.36. The molecule has 1 heterocycles. The lowest BCUT2D eigenvalue weighted by Crippen LogP contribution is -2.35. The zero-order valence-corrected chi connectivity index (χ0v) is 8.96. The van der Waals surface area contributed by atoms with Crippen molar-refractivity contribution in [3.8, 4) is 0 Å². The predicted molar refractivity (Wildman–Crippen MR) is 59.4 cm³/mol. The molecule has 0 aromatic carbocycles. The van der Waals surface area contributed by atoms with Crippen molar-refractivity contribution >= 4 is 5.69 Å². The number of nitrogens with one attached hydrogen (secondary N) is 1. The molecule has 0 bridgehead atoms. The summed E-state index contributed by atoms with van der Waals surface area (Å²) in [6.45, 7) is 4.33. The quantitative estimate of drug-likeness (QED) is 0.792. The van der Waals surface area contributed by atoms with Crippen molar-refractivity contribution in [2.24, 2.45) is 5.92 Å². The van der Waals surface area contributed by atoms with Gasteiger partial charge in [-0.3, -0.25) is 4.98 Å². The number of rotatable bonds is 3. The molecule has 0 saturated heterocycles. The molecule has 1 saturated carbocycles. The molecule has 2 nitrogen and oxygen atoms in total. The highest BCUT2D eigenvalue weighted by Crippen LogP contribution is 2.32. The van der Waals surface area contributed by atoms with E-state index in [9.17, 15) is 0 Å². The van der Waals surface area contributed by atoms with Crippen LogP contribution in [0.25, 0.3) is 0 Å². The van der Waals surface area contributed by atoms with E-state index in [2.05, 4.69) is 30.2 Å². The monoisotopic (exact) mass is 190 g/mol. The fourth-order valence-electron chi connectivity index (χ4n) is 2.04. The number of hydrogen-bond acceptors (Lipinski definition) is 2. The summed E-state index contributed by atoms with van der Waals surface area (Å²) >= 11 is 0. The van der Waals surface area contributed by atoms with Gasteiger partial charge in [0.1, 0.15) is 0 Å². The van der Waals surface area contributed by atoms with Crippen LogP contribution in [0, 0.1) is 12.8 Å². The summed E-state index contributed by atoms with van der Waals surface area (Å²) in [4.78, 5) is 4.27. The number of pyridine rings is 1. The van der Waals surface area contributed by atoms with Crippen molar-refractivity contribution < 1.29 is 0 Å². The van der Waals surface area contributed by atoms with Gasteiger partial charge >= 0.3 is 0 Å². The van der Waals surface area contributed by atoms with E-state index in [1.165, 1.54) is 24.9 Å². The molecule has 0 unspecified atom stereocenters. The Bertz CT molecular complexity index is 303. The molecule has 0 amide bonds. The van der Waals surface area contributed by atoms with Crippen LogP contribution in [0.4, 0.5) is 5.69 Å². The van der Waals surface area contributed by atoms with Gasteiger partial charge in [0.05, 0.1) is 11.4 Å². The Kier molecular flexibility index (Phi) is 2.71. The molecule has 2 heteroatoms. The third kappa shape index (κ3) is 1.89. The van der Waals surface area contributed by atoms with Crippen molar-refractivity contribution in [3.05, 3.63) is 24.0 Å². The highest BCUT2D eigenvalue weighted by atomic mass is 15.0. The van der Waals surface area contributed by atoms with Crippen LogP contribution in [0.1, 0.15) is 31.9 Å². The van der Waals surface area contributed by atoms with Gasteiger partial charge in [-0.05, 0) is 37.8 Å². The third-order valence-corrected chi connectivity index (χ3v) is 3.18. The van der Waals surface area contributed by atoms with Crippen LogP contribution in [0.5, 0.6) is 0 Å². The molecule has 0 spiro atoms. The van der Waals surface area contributed by atoms with Crippen molar-refractivity contribution in [1.82, 2.24) is 4.98 Å². The Hall–Kier alpha value is -1.05. The van der Waals surface area contributed by atoms with Gasteiger partial charge in [-0.1, -0.05) is 13.3 Å². The summed E-state index contributed by atoms with van der Waals surface area (Å²) in [5, 5.41) is 3.55. The SMILES string of the molecule is CCC1CC(Nc2cccnc2C)C1. The van der Waals surface area contributed by atoms with E-state index in [0.717, 1.165) is 11.6 Å². The van der Waals surface area contributed by atoms with Gasteiger partial charge in [0, 0.05) is 12.2 Å². The number of aryl methyl sites for hydroxylation is 1. The maximum absolute atomic E-state index is 4.27. The first kappa shape index (κ1) is 9.50. The molecule has 1 aliphatic rings. The predicted octanol–water partition coefficient (Wildman–Crippen LogP) is 2.99. The summed E-state index contributed by atoms with van der Waals surface area (Å²) < 4.78 is 0. The van der Waals surface area contributed by atoms with Gasteiger partial charge in [0.2, 0.25) is 0 Å². The molecular weight excluding hydrogens is 172 g/mol. The van der Waals surface area contributed by atoms with E-state index in [1.54, 1.807) is 0 Å². The standard InChI is InChI=1S/C12H18N2/c1-3-10-7-11(8-10)14-12-5-4-6-13-9(12)2/h4-6,10-11,14H,3,7-8H2,1-2H3. The van der Waals surface area contributed by atoms with Crippen LogP contribution in [0.2, 0.25) is 0 Å². The molecule has 1 aliphatic carbocycles. The van der Waals surface area contributed by atoms with Gasteiger partial charge in [-0.25, -0.2) is 0 Å². The zero-order valence-electron chi connectivity index (χ0n) is 8.96. The van der Waals surface area contributed by atoms with Gasteiger partial charge in [0.25, 0.3) is 0 Å². The van der Waals surface area contributed by atoms with Gasteiger partial charge in [-0.15, -0.1) is 0 Å². The Morgan fingerprint density at radius 3 is 2.93 bits per heavy atom. The van der Waals surface area contributed by atoms with Crippen LogP contribution >= 0.6 is 0 Å². The molecular formula is C12H18N2. The molecule has 0 aliphatic heterocycles. The maximum atomic E-state index is 4.27. The molecule has 1 aromatic heterocycles. The van der Waals surface area contributed by atoms with E-state index in [1.807, 2.05) is 12.3 Å². The number of anilines is 1. The van der Waals surface area contributed by atoms with Crippen LogP contribution in [0.3, 0.4) is 0 Å². The lowest BCUT2D eigenvalue weighted by atomic mass is 9.78. The molecule has 1 aromatic rings. The van der Waals surface area contributed by atoms with Crippen molar-refractivity contribution in [1.29, 1.82) is 0 Å². The maximum Gasteiger partial charge on any atom is 0.0603 e. The molecule has 1 fully saturated rings. The van der Waals surface area contributed by atoms with Gasteiger partial charge in [0.15, 0.2) is 0 Å². The summed E-state index contributed by atoms with van der Waals surface area (Å²) in [7, 11) is 0. The van der Waals surface area contributed by atoms with Gasteiger partial charge in [-0.2, -0.15) is 0 Å². The molecule has 2 rings (SSSR count). The Labute approximate surface area is 85.7 Å². The number of nitrogens with zero attached hydrogens (tertiary/aromatic N) is 1. The highest BCUT2D eigenvalue weighted by molar-refractivity contribution is 5.47. The number of hydrogen-bond donors (Lipinski definition) is 1. The lowest BCUT2D eigenvalue weighted by molar-refractivity contribution is 0.275. The zero-order chi connectivity index (χ0) is 9.97. The molecule has 0 radical (unpaired) electrons. The van der Waals surface area contributed by atoms with Crippen molar-refractivity contribution in [2.75, 3.05) is 5.32 Å². The first-order valence-corrected chi connectivity index (χ1v) is 5.47. The fourth-order valence-corrected chi connectivity index (χ4v) is 2.04. The van der Waals surface area contributed by atoms with E-state index in [4.69, 9.17) is 0 Å². The average molecular weight is 190 g/mol. The molecule has 1 N–H and O–H groups in total. The Morgan fingerprint density at radius 2 is 2.29 bits per heavy atom. The first-order chi connectivity index (χ1) is 6.79. The first-order valence-electron chi connectivity index (χ1n) is 5.47. The largest absolute Gasteiger partial charge is 0.381 e. The van der Waals surface area contributed by atoms with Crippen LogP contribution in [-0.2, 0) is 0 Å². The van der Waals surface area contributed by atoms with Crippen molar-refractivity contribution in [3.63, 3.8) is 0 Å². The Morgan fingerprint density at radius 1 is 1.50 bits per heavy atom. The molecule has 14 heavy (non-hydrogen) atoms. The summed E-state index contributed by atoms with van der Waals surface area (Å²) in [6.07, 6.45) is 5.82. The van der Waals surface area contributed by atoms with E-state index in [-0.39, 0.29) is 0 Å². The normalized spacial score (nSPS) is 25.6. The number of aromatic nitrogens is 1. The van der Waals surface area contributed by atoms with E-state index < -0.39 is 0 Å². The van der Waals surface area contributed by atoms with Crippen LogP contribution < -0.4 is 5.32 Å². The van der Waals surface area contributed by atoms with E-state index in [0.29, 0.717) is 6.04 Å². The fraction of sp³-hybridized carbons (Fsp3) is 0.583. The second-order valence-electron chi connectivity index (χ2n) is 4.22. The van der Waals surface area contributed by atoms with Crippen LogP contribution in [-0.4, -0.2) is 11.0 Å².